The minimum atomic E-state index is -0.627. The van der Waals surface area contributed by atoms with Crippen molar-refractivity contribution in [1.82, 2.24) is 5.32 Å². The molecule has 1 aromatic rings. The number of rotatable bonds is 6. The van der Waals surface area contributed by atoms with Gasteiger partial charge in [-0.25, -0.2) is 0 Å². The molecule has 0 bridgehead atoms. The summed E-state index contributed by atoms with van der Waals surface area (Å²) in [6.07, 6.45) is -0.627. The number of ether oxygens (including phenoxy) is 2. The second-order valence-corrected chi connectivity index (χ2v) is 4.44. The molecule has 2 atom stereocenters. The van der Waals surface area contributed by atoms with Crippen LogP contribution in [-0.2, 0) is 9.53 Å². The normalized spacial score (nSPS) is 13.7. The van der Waals surface area contributed by atoms with Crippen LogP contribution in [0.5, 0.6) is 5.75 Å². The first-order chi connectivity index (χ1) is 9.03. The molecule has 0 heterocycles. The van der Waals surface area contributed by atoms with Gasteiger partial charge in [0.15, 0.2) is 0 Å². The zero-order valence-electron chi connectivity index (χ0n) is 11.9. The van der Waals surface area contributed by atoms with Crippen LogP contribution >= 0.6 is 0 Å². The molecule has 0 aromatic heterocycles. The lowest BCUT2D eigenvalue weighted by Gasteiger charge is -2.20. The Hall–Kier alpha value is -1.59. The summed E-state index contributed by atoms with van der Waals surface area (Å²) in [6, 6.07) is 5.68. The van der Waals surface area contributed by atoms with Gasteiger partial charge in [0.25, 0.3) is 5.91 Å². The van der Waals surface area contributed by atoms with Gasteiger partial charge in [0, 0.05) is 19.2 Å². The number of nitrogens with one attached hydrogen (secondary N) is 1. The summed E-state index contributed by atoms with van der Waals surface area (Å²) in [7, 11) is 3.08. The number of amides is 1. The quantitative estimate of drug-likeness (QED) is 0.810. The average Bonchev–Trinajstić information content (AvgIpc) is 2.40. The van der Waals surface area contributed by atoms with Gasteiger partial charge >= 0.3 is 0 Å². The Kier molecular flexibility index (Phi) is 5.79. The molecule has 3 N–H and O–H groups in total. The summed E-state index contributed by atoms with van der Waals surface area (Å²) in [6.45, 7) is 4.05. The van der Waals surface area contributed by atoms with Crippen molar-refractivity contribution in [1.29, 1.82) is 0 Å². The predicted octanol–water partition coefficient (Wildman–Crippen LogP) is 1.15. The van der Waals surface area contributed by atoms with Crippen LogP contribution in [0, 0.1) is 6.92 Å². The lowest BCUT2D eigenvalue weighted by atomic mass is 10.0. The van der Waals surface area contributed by atoms with E-state index in [0.717, 1.165) is 16.9 Å². The highest BCUT2D eigenvalue weighted by Gasteiger charge is 2.20. The van der Waals surface area contributed by atoms with Gasteiger partial charge in [-0.05, 0) is 19.9 Å². The molecule has 1 rings (SSSR count). The molecule has 0 radical (unpaired) electrons. The number of carbonyl (C=O) groups is 1. The highest BCUT2D eigenvalue weighted by molar-refractivity contribution is 5.81. The zero-order chi connectivity index (χ0) is 14.4. The van der Waals surface area contributed by atoms with Crippen LogP contribution in [0.3, 0.4) is 0 Å². The molecule has 0 saturated carbocycles. The average molecular weight is 266 g/mol. The Morgan fingerprint density at radius 2 is 2.11 bits per heavy atom. The third-order valence-corrected chi connectivity index (χ3v) is 3.00. The lowest BCUT2D eigenvalue weighted by molar-refractivity contribution is -0.131. The van der Waals surface area contributed by atoms with Gasteiger partial charge in [0.05, 0.1) is 13.2 Å². The van der Waals surface area contributed by atoms with E-state index >= 15 is 0 Å². The van der Waals surface area contributed by atoms with Crippen molar-refractivity contribution in [2.45, 2.75) is 26.0 Å². The standard InChI is InChI=1S/C14H22N2O3/c1-9-5-6-12(18-3)11(7-9)10(2)16-14(17)13(8-15)19-4/h5-7,10,13H,8,15H2,1-4H3,(H,16,17). The molecule has 19 heavy (non-hydrogen) atoms. The Bertz CT molecular complexity index is 431. The third kappa shape index (κ3) is 3.94. The minimum absolute atomic E-state index is 0.153. The van der Waals surface area contributed by atoms with Crippen LogP contribution in [0.4, 0.5) is 0 Å². The summed E-state index contributed by atoms with van der Waals surface area (Å²) in [5.41, 5.74) is 7.51. The second kappa shape index (κ2) is 7.11. The predicted molar refractivity (Wildman–Crippen MR) is 74.1 cm³/mol. The molecule has 0 fully saturated rings. The first kappa shape index (κ1) is 15.5. The number of aryl methyl sites for hydroxylation is 1. The molecular weight excluding hydrogens is 244 g/mol. The highest BCUT2D eigenvalue weighted by Crippen LogP contribution is 2.26. The van der Waals surface area contributed by atoms with E-state index in [9.17, 15) is 4.79 Å². The third-order valence-electron chi connectivity index (χ3n) is 3.00. The molecule has 0 spiro atoms. The van der Waals surface area contributed by atoms with Crippen LogP contribution in [0.15, 0.2) is 18.2 Å². The number of hydrogen-bond donors (Lipinski definition) is 2. The number of benzene rings is 1. The SMILES string of the molecule is COc1ccc(C)cc1C(C)NC(=O)C(CN)OC. The summed E-state index contributed by atoms with van der Waals surface area (Å²) in [5.74, 6) is 0.529. The van der Waals surface area contributed by atoms with Crippen molar-refractivity contribution in [3.8, 4) is 5.75 Å². The molecule has 1 aromatic carbocycles. The first-order valence-electron chi connectivity index (χ1n) is 6.21. The van der Waals surface area contributed by atoms with E-state index in [1.807, 2.05) is 32.0 Å². The van der Waals surface area contributed by atoms with E-state index in [1.165, 1.54) is 7.11 Å². The fourth-order valence-corrected chi connectivity index (χ4v) is 1.89. The molecule has 0 aliphatic rings. The second-order valence-electron chi connectivity index (χ2n) is 4.44. The van der Waals surface area contributed by atoms with E-state index in [1.54, 1.807) is 7.11 Å². The fourth-order valence-electron chi connectivity index (χ4n) is 1.89. The molecule has 0 aliphatic carbocycles. The Morgan fingerprint density at radius 1 is 1.42 bits per heavy atom. The van der Waals surface area contributed by atoms with Crippen LogP contribution in [0.2, 0.25) is 0 Å². The number of carbonyl (C=O) groups excluding carboxylic acids is 1. The summed E-state index contributed by atoms with van der Waals surface area (Å²) in [5, 5.41) is 2.88. The molecule has 0 saturated heterocycles. The van der Waals surface area contributed by atoms with Crippen molar-refractivity contribution in [3.63, 3.8) is 0 Å². The van der Waals surface area contributed by atoms with Crippen molar-refractivity contribution in [3.05, 3.63) is 29.3 Å². The van der Waals surface area contributed by atoms with Crippen LogP contribution in [0.1, 0.15) is 24.1 Å². The van der Waals surface area contributed by atoms with Crippen molar-refractivity contribution in [2.75, 3.05) is 20.8 Å². The number of methoxy groups -OCH3 is 2. The minimum Gasteiger partial charge on any atom is -0.496 e. The summed E-state index contributed by atoms with van der Waals surface area (Å²) < 4.78 is 10.3. The van der Waals surface area contributed by atoms with E-state index in [2.05, 4.69) is 5.32 Å². The Balaban J connectivity index is 2.85. The maximum Gasteiger partial charge on any atom is 0.250 e. The monoisotopic (exact) mass is 266 g/mol. The van der Waals surface area contributed by atoms with Crippen molar-refractivity contribution in [2.24, 2.45) is 5.73 Å². The largest absolute Gasteiger partial charge is 0.496 e. The van der Waals surface area contributed by atoms with Crippen molar-refractivity contribution < 1.29 is 14.3 Å². The molecule has 1 amide bonds. The van der Waals surface area contributed by atoms with E-state index in [0.29, 0.717) is 0 Å². The molecular formula is C14H22N2O3. The molecule has 5 nitrogen and oxygen atoms in total. The van der Waals surface area contributed by atoms with E-state index < -0.39 is 6.10 Å². The van der Waals surface area contributed by atoms with Gasteiger partial charge in [0.2, 0.25) is 0 Å². The molecule has 0 aliphatic heterocycles. The molecule has 2 unspecified atom stereocenters. The van der Waals surface area contributed by atoms with Gasteiger partial charge in [-0.2, -0.15) is 0 Å². The van der Waals surface area contributed by atoms with Crippen LogP contribution in [0.25, 0.3) is 0 Å². The maximum absolute atomic E-state index is 11.9. The first-order valence-corrected chi connectivity index (χ1v) is 6.21. The smallest absolute Gasteiger partial charge is 0.250 e. The summed E-state index contributed by atoms with van der Waals surface area (Å²) >= 11 is 0. The van der Waals surface area contributed by atoms with Crippen LogP contribution < -0.4 is 15.8 Å². The zero-order valence-corrected chi connectivity index (χ0v) is 11.9. The lowest BCUT2D eigenvalue weighted by Crippen LogP contribution is -2.41. The Labute approximate surface area is 114 Å². The number of hydrogen-bond acceptors (Lipinski definition) is 4. The van der Waals surface area contributed by atoms with Gasteiger partial charge in [0.1, 0.15) is 11.9 Å². The van der Waals surface area contributed by atoms with E-state index in [-0.39, 0.29) is 18.5 Å². The topological polar surface area (TPSA) is 73.6 Å². The van der Waals surface area contributed by atoms with Gasteiger partial charge < -0.3 is 20.5 Å². The Morgan fingerprint density at radius 3 is 2.63 bits per heavy atom. The fraction of sp³-hybridized carbons (Fsp3) is 0.500. The number of nitrogens with two attached hydrogens (primary N) is 1. The van der Waals surface area contributed by atoms with Gasteiger partial charge in [-0.3, -0.25) is 4.79 Å². The maximum atomic E-state index is 11.9. The molecule has 5 heteroatoms. The molecule has 106 valence electrons. The van der Waals surface area contributed by atoms with Crippen LogP contribution in [-0.4, -0.2) is 32.8 Å². The highest BCUT2D eigenvalue weighted by atomic mass is 16.5. The van der Waals surface area contributed by atoms with Crippen molar-refractivity contribution >= 4 is 5.91 Å². The summed E-state index contributed by atoms with van der Waals surface area (Å²) in [4.78, 5) is 11.9. The van der Waals surface area contributed by atoms with Gasteiger partial charge in [-0.1, -0.05) is 17.7 Å². The van der Waals surface area contributed by atoms with E-state index in [4.69, 9.17) is 15.2 Å². The van der Waals surface area contributed by atoms with Gasteiger partial charge in [-0.15, -0.1) is 0 Å².